The Balaban J connectivity index is 3.07. The fourth-order valence-electron chi connectivity index (χ4n) is 1.35. The van der Waals surface area contributed by atoms with E-state index >= 15 is 0 Å². The predicted molar refractivity (Wildman–Crippen MR) is 60.9 cm³/mol. The molecule has 0 saturated heterocycles. The summed E-state index contributed by atoms with van der Waals surface area (Å²) in [6.07, 6.45) is 2.77. The van der Waals surface area contributed by atoms with Crippen molar-refractivity contribution < 1.29 is 19.1 Å². The molecule has 1 rings (SSSR count). The van der Waals surface area contributed by atoms with Crippen molar-refractivity contribution in [1.82, 2.24) is 4.98 Å². The molecule has 0 aliphatic rings. The van der Waals surface area contributed by atoms with E-state index in [9.17, 15) is 9.59 Å². The fraction of sp³-hybridized carbons (Fsp3) is 0.417. The standard InChI is InChI=1S/C12H15NO4/c1-4-16-11(14)9-6-13-7-10(8(9)3)12(15)17-5-2/h6-7H,4-5H2,1-3H3. The van der Waals surface area contributed by atoms with E-state index in [0.717, 1.165) is 0 Å². The number of nitrogens with zero attached hydrogens (tertiary/aromatic N) is 1. The zero-order valence-electron chi connectivity index (χ0n) is 10.1. The summed E-state index contributed by atoms with van der Waals surface area (Å²) >= 11 is 0. The van der Waals surface area contributed by atoms with Crippen LogP contribution in [0.5, 0.6) is 0 Å². The van der Waals surface area contributed by atoms with Gasteiger partial charge in [0.05, 0.1) is 24.3 Å². The minimum Gasteiger partial charge on any atom is -0.462 e. The van der Waals surface area contributed by atoms with Gasteiger partial charge in [0.25, 0.3) is 0 Å². The summed E-state index contributed by atoms with van der Waals surface area (Å²) < 4.78 is 9.74. The molecule has 0 amide bonds. The lowest BCUT2D eigenvalue weighted by Gasteiger charge is -2.08. The van der Waals surface area contributed by atoms with E-state index < -0.39 is 11.9 Å². The van der Waals surface area contributed by atoms with Gasteiger partial charge in [-0.2, -0.15) is 0 Å². The highest BCUT2D eigenvalue weighted by Gasteiger charge is 2.18. The first-order chi connectivity index (χ1) is 8.11. The second-order valence-electron chi connectivity index (χ2n) is 3.30. The molecule has 0 radical (unpaired) electrons. The quantitative estimate of drug-likeness (QED) is 0.746. The highest BCUT2D eigenvalue weighted by Crippen LogP contribution is 2.14. The van der Waals surface area contributed by atoms with Gasteiger partial charge < -0.3 is 9.47 Å². The second kappa shape index (κ2) is 5.98. The van der Waals surface area contributed by atoms with Gasteiger partial charge in [0.1, 0.15) is 0 Å². The lowest BCUT2D eigenvalue weighted by molar-refractivity contribution is 0.0522. The Morgan fingerprint density at radius 1 is 1.06 bits per heavy atom. The molecule has 0 aliphatic carbocycles. The van der Waals surface area contributed by atoms with Gasteiger partial charge in [0.15, 0.2) is 0 Å². The van der Waals surface area contributed by atoms with E-state index in [1.807, 2.05) is 0 Å². The van der Waals surface area contributed by atoms with Crippen LogP contribution in [0.4, 0.5) is 0 Å². The maximum atomic E-state index is 11.6. The molecule has 92 valence electrons. The molecule has 0 saturated carbocycles. The van der Waals surface area contributed by atoms with Crippen LogP contribution in [0, 0.1) is 6.92 Å². The summed E-state index contributed by atoms with van der Waals surface area (Å²) in [5, 5.41) is 0. The molecule has 5 heteroatoms. The topological polar surface area (TPSA) is 65.5 Å². The molecule has 1 aromatic rings. The monoisotopic (exact) mass is 237 g/mol. The largest absolute Gasteiger partial charge is 0.462 e. The number of ether oxygens (including phenoxy) is 2. The van der Waals surface area contributed by atoms with Crippen LogP contribution in [0.3, 0.4) is 0 Å². The van der Waals surface area contributed by atoms with Crippen LogP contribution in [0.1, 0.15) is 40.1 Å². The molecule has 5 nitrogen and oxygen atoms in total. The molecular weight excluding hydrogens is 222 g/mol. The Labute approximate surface area is 99.8 Å². The Bertz CT molecular complexity index is 392. The maximum absolute atomic E-state index is 11.6. The van der Waals surface area contributed by atoms with Gasteiger partial charge in [-0.3, -0.25) is 4.98 Å². The maximum Gasteiger partial charge on any atom is 0.339 e. The van der Waals surface area contributed by atoms with Crippen LogP contribution >= 0.6 is 0 Å². The van der Waals surface area contributed by atoms with Crippen molar-refractivity contribution >= 4 is 11.9 Å². The highest BCUT2D eigenvalue weighted by atomic mass is 16.5. The van der Waals surface area contributed by atoms with E-state index in [1.54, 1.807) is 20.8 Å². The summed E-state index contributed by atoms with van der Waals surface area (Å²) in [7, 11) is 0. The van der Waals surface area contributed by atoms with Crippen LogP contribution in [0.15, 0.2) is 12.4 Å². The van der Waals surface area contributed by atoms with Crippen molar-refractivity contribution in [3.05, 3.63) is 29.1 Å². The van der Waals surface area contributed by atoms with Gasteiger partial charge in [0, 0.05) is 12.4 Å². The Morgan fingerprint density at radius 2 is 1.47 bits per heavy atom. The molecule has 1 aromatic heterocycles. The van der Waals surface area contributed by atoms with Gasteiger partial charge in [-0.05, 0) is 26.3 Å². The van der Waals surface area contributed by atoms with Gasteiger partial charge >= 0.3 is 11.9 Å². The smallest absolute Gasteiger partial charge is 0.339 e. The summed E-state index contributed by atoms with van der Waals surface area (Å²) in [6.45, 7) is 5.66. The molecule has 0 unspecified atom stereocenters. The van der Waals surface area contributed by atoms with Crippen molar-refractivity contribution in [3.63, 3.8) is 0 Å². The summed E-state index contributed by atoms with van der Waals surface area (Å²) in [4.78, 5) is 27.0. The first-order valence-corrected chi connectivity index (χ1v) is 5.40. The molecule has 0 N–H and O–H groups in total. The zero-order chi connectivity index (χ0) is 12.8. The average molecular weight is 237 g/mol. The molecule has 0 aromatic carbocycles. The fourth-order valence-corrected chi connectivity index (χ4v) is 1.35. The second-order valence-corrected chi connectivity index (χ2v) is 3.30. The average Bonchev–Trinajstić information content (AvgIpc) is 2.29. The normalized spacial score (nSPS) is 9.82. The van der Waals surface area contributed by atoms with Crippen molar-refractivity contribution in [2.45, 2.75) is 20.8 Å². The van der Waals surface area contributed by atoms with E-state index in [1.165, 1.54) is 12.4 Å². The number of carbonyl (C=O) groups is 2. The van der Waals surface area contributed by atoms with Crippen molar-refractivity contribution in [1.29, 1.82) is 0 Å². The molecule has 1 heterocycles. The number of rotatable bonds is 4. The SMILES string of the molecule is CCOC(=O)c1cncc(C(=O)OCC)c1C. The molecule has 0 spiro atoms. The van der Waals surface area contributed by atoms with Gasteiger partial charge in [-0.1, -0.05) is 0 Å². The van der Waals surface area contributed by atoms with E-state index in [0.29, 0.717) is 5.56 Å². The lowest BCUT2D eigenvalue weighted by atomic mass is 10.1. The van der Waals surface area contributed by atoms with E-state index in [2.05, 4.69) is 4.98 Å². The number of pyridine rings is 1. The Kier molecular flexibility index (Phi) is 4.63. The lowest BCUT2D eigenvalue weighted by Crippen LogP contribution is -2.13. The van der Waals surface area contributed by atoms with Crippen LogP contribution in [-0.4, -0.2) is 30.1 Å². The van der Waals surface area contributed by atoms with Crippen molar-refractivity contribution in [2.75, 3.05) is 13.2 Å². The summed E-state index contributed by atoms with van der Waals surface area (Å²) in [5.74, 6) is -0.965. The van der Waals surface area contributed by atoms with Crippen LogP contribution < -0.4 is 0 Å². The molecule has 0 aliphatic heterocycles. The summed E-state index contributed by atoms with van der Waals surface area (Å²) in [6, 6.07) is 0. The van der Waals surface area contributed by atoms with Gasteiger partial charge in [-0.25, -0.2) is 9.59 Å². The third-order valence-corrected chi connectivity index (χ3v) is 2.21. The van der Waals surface area contributed by atoms with Crippen molar-refractivity contribution in [3.8, 4) is 0 Å². The minimum absolute atomic E-state index is 0.280. The van der Waals surface area contributed by atoms with E-state index in [4.69, 9.17) is 9.47 Å². The van der Waals surface area contributed by atoms with E-state index in [-0.39, 0.29) is 24.3 Å². The van der Waals surface area contributed by atoms with Gasteiger partial charge in [0.2, 0.25) is 0 Å². The molecule has 0 atom stereocenters. The number of aromatic nitrogens is 1. The predicted octanol–water partition coefficient (Wildman–Crippen LogP) is 1.74. The Hall–Kier alpha value is -1.91. The Morgan fingerprint density at radius 3 is 1.82 bits per heavy atom. The molecular formula is C12H15NO4. The minimum atomic E-state index is -0.483. The number of esters is 2. The van der Waals surface area contributed by atoms with Gasteiger partial charge in [-0.15, -0.1) is 0 Å². The first kappa shape index (κ1) is 13.2. The first-order valence-electron chi connectivity index (χ1n) is 5.40. The van der Waals surface area contributed by atoms with Crippen LogP contribution in [-0.2, 0) is 9.47 Å². The number of hydrogen-bond donors (Lipinski definition) is 0. The molecule has 0 fully saturated rings. The number of carbonyl (C=O) groups excluding carboxylic acids is 2. The zero-order valence-corrected chi connectivity index (χ0v) is 10.1. The molecule has 0 bridgehead atoms. The third-order valence-electron chi connectivity index (χ3n) is 2.21. The van der Waals surface area contributed by atoms with Crippen LogP contribution in [0.25, 0.3) is 0 Å². The summed E-state index contributed by atoms with van der Waals surface area (Å²) in [5.41, 5.74) is 1.10. The van der Waals surface area contributed by atoms with Crippen LogP contribution in [0.2, 0.25) is 0 Å². The number of hydrogen-bond acceptors (Lipinski definition) is 5. The highest BCUT2D eigenvalue weighted by molar-refractivity contribution is 5.97. The molecule has 17 heavy (non-hydrogen) atoms. The third kappa shape index (κ3) is 3.03. The van der Waals surface area contributed by atoms with Crippen molar-refractivity contribution in [2.24, 2.45) is 0 Å².